The molecule has 122 valence electrons. The molecule has 0 amide bonds. The fraction of sp³-hybridized carbons (Fsp3) is 0.312. The van der Waals surface area contributed by atoms with E-state index in [-0.39, 0.29) is 5.56 Å². The molecule has 7 nitrogen and oxygen atoms in total. The number of rotatable bonds is 5. The number of benzene rings is 1. The maximum absolute atomic E-state index is 11.7. The molecule has 23 heavy (non-hydrogen) atoms. The Bertz CT molecular complexity index is 815. The van der Waals surface area contributed by atoms with E-state index in [1.54, 1.807) is 0 Å². The Labute approximate surface area is 133 Å². The van der Waals surface area contributed by atoms with Crippen LogP contribution in [0.5, 0.6) is 5.88 Å². The van der Waals surface area contributed by atoms with Crippen LogP contribution in [0.1, 0.15) is 19.4 Å². The fourth-order valence-corrected chi connectivity index (χ4v) is 2.22. The van der Waals surface area contributed by atoms with E-state index in [0.717, 1.165) is 23.3 Å². The molecule has 0 atom stereocenters. The highest BCUT2D eigenvalue weighted by Gasteiger charge is 2.09. The topological polar surface area (TPSA) is 90.7 Å². The van der Waals surface area contributed by atoms with Crippen molar-refractivity contribution in [3.63, 3.8) is 0 Å². The molecule has 0 aliphatic heterocycles. The monoisotopic (exact) mass is 316 g/mol. The van der Waals surface area contributed by atoms with Crippen LogP contribution in [0.2, 0.25) is 0 Å². The van der Waals surface area contributed by atoms with Crippen LogP contribution in [0.25, 0.3) is 0 Å². The summed E-state index contributed by atoms with van der Waals surface area (Å²) < 4.78 is 0.951. The van der Waals surface area contributed by atoms with Crippen molar-refractivity contribution in [2.45, 2.75) is 13.8 Å². The van der Waals surface area contributed by atoms with Gasteiger partial charge >= 0.3 is 5.69 Å². The SMILES string of the molecule is CCN(CC)c1ccc(N=Cc2c(O)n(C)c(=O)[nH]c2=O)cc1. The molecule has 1 aromatic heterocycles. The molecule has 0 aliphatic rings. The van der Waals surface area contributed by atoms with Crippen molar-refractivity contribution < 1.29 is 5.11 Å². The molecule has 0 aliphatic carbocycles. The van der Waals surface area contributed by atoms with Gasteiger partial charge < -0.3 is 10.0 Å². The lowest BCUT2D eigenvalue weighted by Gasteiger charge is -2.20. The van der Waals surface area contributed by atoms with Crippen molar-refractivity contribution in [2.75, 3.05) is 18.0 Å². The minimum atomic E-state index is -0.673. The highest BCUT2D eigenvalue weighted by Crippen LogP contribution is 2.19. The first-order valence-corrected chi connectivity index (χ1v) is 7.39. The first-order chi connectivity index (χ1) is 11.0. The number of nitrogens with one attached hydrogen (secondary N) is 1. The van der Waals surface area contributed by atoms with Gasteiger partial charge in [-0.2, -0.15) is 0 Å². The molecule has 2 aromatic rings. The first-order valence-electron chi connectivity index (χ1n) is 7.39. The minimum absolute atomic E-state index is 0.0556. The average Bonchev–Trinajstić information content (AvgIpc) is 2.55. The van der Waals surface area contributed by atoms with Gasteiger partial charge in [0.2, 0.25) is 5.88 Å². The summed E-state index contributed by atoms with van der Waals surface area (Å²) in [6.07, 6.45) is 1.25. The van der Waals surface area contributed by atoms with Crippen LogP contribution in [-0.4, -0.2) is 34.0 Å². The number of aliphatic imine (C=N–C) groups is 1. The lowest BCUT2D eigenvalue weighted by atomic mass is 10.2. The van der Waals surface area contributed by atoms with Crippen LogP contribution in [0, 0.1) is 0 Å². The standard InChI is InChI=1S/C16H20N4O3/c1-4-20(5-2)12-8-6-11(7-9-12)17-10-13-14(21)18-16(23)19(3)15(13)22/h6-10,22H,4-5H2,1-3H3,(H,18,21,23). The lowest BCUT2D eigenvalue weighted by Crippen LogP contribution is -2.30. The summed E-state index contributed by atoms with van der Waals surface area (Å²) in [6.45, 7) is 6.01. The quantitative estimate of drug-likeness (QED) is 0.815. The van der Waals surface area contributed by atoms with Gasteiger partial charge in [-0.1, -0.05) is 0 Å². The van der Waals surface area contributed by atoms with Gasteiger partial charge in [0.15, 0.2) is 0 Å². The van der Waals surface area contributed by atoms with Gasteiger partial charge in [0.1, 0.15) is 5.56 Å². The zero-order chi connectivity index (χ0) is 17.0. The number of H-pyrrole nitrogens is 1. The average molecular weight is 316 g/mol. The number of aromatic hydroxyl groups is 1. The first kappa shape index (κ1) is 16.5. The van der Waals surface area contributed by atoms with Crippen LogP contribution in [0.3, 0.4) is 0 Å². The summed E-state index contributed by atoms with van der Waals surface area (Å²) in [4.78, 5) is 31.6. The largest absolute Gasteiger partial charge is 0.494 e. The highest BCUT2D eigenvalue weighted by atomic mass is 16.3. The van der Waals surface area contributed by atoms with Crippen molar-refractivity contribution >= 4 is 17.6 Å². The van der Waals surface area contributed by atoms with Gasteiger partial charge in [-0.15, -0.1) is 0 Å². The third-order valence-electron chi connectivity index (χ3n) is 3.65. The van der Waals surface area contributed by atoms with Crippen LogP contribution < -0.4 is 16.1 Å². The number of anilines is 1. The van der Waals surface area contributed by atoms with E-state index >= 15 is 0 Å². The van der Waals surface area contributed by atoms with Gasteiger partial charge in [-0.25, -0.2) is 4.79 Å². The van der Waals surface area contributed by atoms with Crippen molar-refractivity contribution in [3.05, 3.63) is 50.7 Å². The number of aromatic amines is 1. The maximum atomic E-state index is 11.7. The summed E-state index contributed by atoms with van der Waals surface area (Å²) in [5.41, 5.74) is 0.340. The molecule has 0 saturated carbocycles. The van der Waals surface area contributed by atoms with Crippen LogP contribution in [-0.2, 0) is 7.05 Å². The Balaban J connectivity index is 2.30. The zero-order valence-electron chi connectivity index (χ0n) is 13.4. The van der Waals surface area contributed by atoms with E-state index in [1.807, 2.05) is 24.3 Å². The molecule has 7 heteroatoms. The lowest BCUT2D eigenvalue weighted by molar-refractivity contribution is 0.417. The Morgan fingerprint density at radius 1 is 1.22 bits per heavy atom. The normalized spacial score (nSPS) is 11.1. The van der Waals surface area contributed by atoms with Crippen molar-refractivity contribution in [1.82, 2.24) is 9.55 Å². The molecule has 1 heterocycles. The Morgan fingerprint density at radius 2 is 1.83 bits per heavy atom. The van der Waals surface area contributed by atoms with Crippen molar-refractivity contribution in [2.24, 2.45) is 12.0 Å². The van der Waals surface area contributed by atoms with Gasteiger partial charge in [0, 0.05) is 32.0 Å². The summed E-state index contributed by atoms with van der Waals surface area (Å²) in [5.74, 6) is -0.415. The Hall–Kier alpha value is -2.83. The van der Waals surface area contributed by atoms with E-state index in [2.05, 4.69) is 28.7 Å². The molecular weight excluding hydrogens is 296 g/mol. The van der Waals surface area contributed by atoms with E-state index in [1.165, 1.54) is 13.3 Å². The Kier molecular flexibility index (Phi) is 5.00. The van der Waals surface area contributed by atoms with E-state index < -0.39 is 17.1 Å². The van der Waals surface area contributed by atoms with E-state index in [4.69, 9.17) is 0 Å². The minimum Gasteiger partial charge on any atom is -0.494 e. The van der Waals surface area contributed by atoms with Crippen LogP contribution >= 0.6 is 0 Å². The summed E-state index contributed by atoms with van der Waals surface area (Å²) in [5, 5.41) is 9.86. The van der Waals surface area contributed by atoms with Gasteiger partial charge in [-0.05, 0) is 38.1 Å². The number of nitrogens with zero attached hydrogens (tertiary/aromatic N) is 3. The molecule has 2 N–H and O–H groups in total. The summed E-state index contributed by atoms with van der Waals surface area (Å²) in [6, 6.07) is 7.56. The molecule has 0 radical (unpaired) electrons. The second kappa shape index (κ2) is 6.95. The number of aromatic nitrogens is 2. The van der Waals surface area contributed by atoms with Crippen LogP contribution in [0.4, 0.5) is 11.4 Å². The third kappa shape index (κ3) is 3.50. The van der Waals surface area contributed by atoms with Gasteiger partial charge in [0.25, 0.3) is 5.56 Å². The summed E-state index contributed by atoms with van der Waals surface area (Å²) in [7, 11) is 1.36. The molecule has 2 rings (SSSR count). The number of hydrogen-bond acceptors (Lipinski definition) is 5. The van der Waals surface area contributed by atoms with E-state index in [0.29, 0.717) is 5.69 Å². The van der Waals surface area contributed by atoms with Gasteiger partial charge in [0.05, 0.1) is 5.69 Å². The number of hydrogen-bond donors (Lipinski definition) is 2. The molecule has 0 fully saturated rings. The molecular formula is C16H20N4O3. The predicted molar refractivity (Wildman–Crippen MR) is 91.2 cm³/mol. The van der Waals surface area contributed by atoms with E-state index in [9.17, 15) is 14.7 Å². The zero-order valence-corrected chi connectivity index (χ0v) is 13.4. The highest BCUT2D eigenvalue weighted by molar-refractivity contribution is 5.84. The summed E-state index contributed by atoms with van der Waals surface area (Å²) >= 11 is 0. The van der Waals surface area contributed by atoms with Crippen molar-refractivity contribution in [3.8, 4) is 5.88 Å². The molecule has 0 saturated heterocycles. The fourth-order valence-electron chi connectivity index (χ4n) is 2.22. The Morgan fingerprint density at radius 3 is 2.39 bits per heavy atom. The molecule has 0 unspecified atom stereocenters. The second-order valence-corrected chi connectivity index (χ2v) is 5.00. The van der Waals surface area contributed by atoms with Gasteiger partial charge in [-0.3, -0.25) is 19.3 Å². The smallest absolute Gasteiger partial charge is 0.330 e. The molecule has 0 bridgehead atoms. The predicted octanol–water partition coefficient (Wildman–Crippen LogP) is 1.38. The molecule has 1 aromatic carbocycles. The second-order valence-electron chi connectivity index (χ2n) is 5.00. The maximum Gasteiger partial charge on any atom is 0.330 e. The molecule has 0 spiro atoms. The van der Waals surface area contributed by atoms with Crippen molar-refractivity contribution in [1.29, 1.82) is 0 Å². The van der Waals surface area contributed by atoms with Crippen LogP contribution in [0.15, 0.2) is 38.8 Å². The third-order valence-corrected chi connectivity index (χ3v) is 3.65.